The number of hydrogen-bond donors (Lipinski definition) is 1. The van der Waals surface area contributed by atoms with E-state index in [-0.39, 0.29) is 6.10 Å². The van der Waals surface area contributed by atoms with Gasteiger partial charge in [0.05, 0.1) is 18.4 Å². The number of rotatable bonds is 9. The van der Waals surface area contributed by atoms with Crippen LogP contribution in [0.2, 0.25) is 0 Å². The predicted molar refractivity (Wildman–Crippen MR) is 87.0 cm³/mol. The number of nitrogens with zero attached hydrogens (tertiary/aromatic N) is 2. The largest absolute Gasteiger partial charge is 0.390 e. The Morgan fingerprint density at radius 2 is 2.27 bits per heavy atom. The van der Waals surface area contributed by atoms with E-state index in [1.54, 1.807) is 7.11 Å². The van der Waals surface area contributed by atoms with Gasteiger partial charge in [-0.05, 0) is 5.56 Å². The summed E-state index contributed by atoms with van der Waals surface area (Å²) in [5.41, 5.74) is 2.07. The average molecular weight is 304 g/mol. The van der Waals surface area contributed by atoms with Crippen LogP contribution in [0.3, 0.4) is 0 Å². The van der Waals surface area contributed by atoms with Gasteiger partial charge in [-0.1, -0.05) is 41.6 Å². The van der Waals surface area contributed by atoms with Crippen LogP contribution in [0.25, 0.3) is 0 Å². The molecule has 0 spiro atoms. The van der Waals surface area contributed by atoms with Crippen LogP contribution in [0.15, 0.2) is 48.1 Å². The molecular formula is C17H24N2O3. The summed E-state index contributed by atoms with van der Waals surface area (Å²) in [5.74, 6) is 0. The van der Waals surface area contributed by atoms with Gasteiger partial charge < -0.3 is 14.7 Å². The molecule has 1 aliphatic rings. The van der Waals surface area contributed by atoms with E-state index >= 15 is 0 Å². The van der Waals surface area contributed by atoms with E-state index in [1.165, 1.54) is 0 Å². The van der Waals surface area contributed by atoms with Crippen LogP contribution >= 0.6 is 0 Å². The van der Waals surface area contributed by atoms with Crippen molar-refractivity contribution >= 4 is 5.71 Å². The first-order valence-corrected chi connectivity index (χ1v) is 7.51. The summed E-state index contributed by atoms with van der Waals surface area (Å²) in [6.45, 7) is 6.02. The topological polar surface area (TPSA) is 54.3 Å². The maximum absolute atomic E-state index is 9.88. The third-order valence-corrected chi connectivity index (χ3v) is 3.52. The molecule has 120 valence electrons. The SMILES string of the molecule is C=CCN(CC(O)COC)CC1CC(c2ccccc2)=NO1. The molecule has 2 atom stereocenters. The van der Waals surface area contributed by atoms with Crippen molar-refractivity contribution in [3.63, 3.8) is 0 Å². The Kier molecular flexibility index (Phi) is 6.58. The van der Waals surface area contributed by atoms with Crippen LogP contribution in [-0.4, -0.2) is 61.3 Å². The second-order valence-corrected chi connectivity index (χ2v) is 5.45. The van der Waals surface area contributed by atoms with E-state index < -0.39 is 6.10 Å². The molecule has 2 rings (SSSR count). The van der Waals surface area contributed by atoms with Gasteiger partial charge in [0.1, 0.15) is 6.10 Å². The fourth-order valence-corrected chi connectivity index (χ4v) is 2.56. The summed E-state index contributed by atoms with van der Waals surface area (Å²) in [6.07, 6.45) is 2.09. The van der Waals surface area contributed by atoms with E-state index in [1.807, 2.05) is 36.4 Å². The number of oxime groups is 1. The van der Waals surface area contributed by atoms with Gasteiger partial charge in [0.2, 0.25) is 0 Å². The molecule has 5 nitrogen and oxygen atoms in total. The van der Waals surface area contributed by atoms with Crippen molar-refractivity contribution in [3.05, 3.63) is 48.6 Å². The van der Waals surface area contributed by atoms with E-state index in [9.17, 15) is 5.11 Å². The zero-order valence-electron chi connectivity index (χ0n) is 13.0. The Morgan fingerprint density at radius 1 is 1.50 bits per heavy atom. The summed E-state index contributed by atoms with van der Waals surface area (Å²) in [5, 5.41) is 14.1. The van der Waals surface area contributed by atoms with Crippen LogP contribution < -0.4 is 0 Å². The smallest absolute Gasteiger partial charge is 0.145 e. The lowest BCUT2D eigenvalue weighted by Gasteiger charge is -2.25. The van der Waals surface area contributed by atoms with Gasteiger partial charge in [-0.25, -0.2) is 0 Å². The lowest BCUT2D eigenvalue weighted by atomic mass is 10.0. The summed E-state index contributed by atoms with van der Waals surface area (Å²) in [6, 6.07) is 10.1. The third kappa shape index (κ3) is 4.94. The molecule has 0 radical (unpaired) electrons. The molecule has 0 aliphatic carbocycles. The zero-order chi connectivity index (χ0) is 15.8. The van der Waals surface area contributed by atoms with Crippen molar-refractivity contribution in [2.24, 2.45) is 5.16 Å². The minimum absolute atomic E-state index is 0.00454. The molecule has 22 heavy (non-hydrogen) atoms. The maximum atomic E-state index is 9.88. The van der Waals surface area contributed by atoms with Crippen LogP contribution in [0.4, 0.5) is 0 Å². The summed E-state index contributed by atoms with van der Waals surface area (Å²) < 4.78 is 4.97. The lowest BCUT2D eigenvalue weighted by molar-refractivity contribution is 0.0154. The fraction of sp³-hybridized carbons (Fsp3) is 0.471. The van der Waals surface area contributed by atoms with Crippen molar-refractivity contribution in [1.82, 2.24) is 4.90 Å². The molecule has 0 saturated heterocycles. The van der Waals surface area contributed by atoms with Gasteiger partial charge in [-0.15, -0.1) is 6.58 Å². The summed E-state index contributed by atoms with van der Waals surface area (Å²) >= 11 is 0. The maximum Gasteiger partial charge on any atom is 0.145 e. The highest BCUT2D eigenvalue weighted by molar-refractivity contribution is 6.01. The van der Waals surface area contributed by atoms with Crippen molar-refractivity contribution in [1.29, 1.82) is 0 Å². The van der Waals surface area contributed by atoms with Crippen LogP contribution in [0, 0.1) is 0 Å². The highest BCUT2D eigenvalue weighted by atomic mass is 16.6. The Labute approximate surface area is 131 Å². The van der Waals surface area contributed by atoms with E-state index in [0.29, 0.717) is 26.2 Å². The first-order valence-electron chi connectivity index (χ1n) is 7.51. The third-order valence-electron chi connectivity index (χ3n) is 3.52. The number of methoxy groups -OCH3 is 1. The monoisotopic (exact) mass is 304 g/mol. The van der Waals surface area contributed by atoms with Gasteiger partial charge in [0, 0.05) is 33.2 Å². The number of hydrogen-bond acceptors (Lipinski definition) is 5. The van der Waals surface area contributed by atoms with Crippen LogP contribution in [-0.2, 0) is 9.57 Å². The molecule has 2 unspecified atom stereocenters. The molecule has 1 aromatic carbocycles. The molecule has 1 N–H and O–H groups in total. The standard InChI is InChI=1S/C17H24N2O3/c1-3-9-19(11-15(20)13-21-2)12-16-10-17(18-22-16)14-7-5-4-6-8-14/h3-8,15-16,20H,1,9-13H2,2H3. The number of ether oxygens (including phenoxy) is 1. The Morgan fingerprint density at radius 3 is 2.95 bits per heavy atom. The van der Waals surface area contributed by atoms with Crippen molar-refractivity contribution in [2.75, 3.05) is 33.4 Å². The van der Waals surface area contributed by atoms with Crippen LogP contribution in [0.5, 0.6) is 0 Å². The Hall–Kier alpha value is -1.69. The lowest BCUT2D eigenvalue weighted by Crippen LogP contribution is -2.39. The fourth-order valence-electron chi connectivity index (χ4n) is 2.56. The summed E-state index contributed by atoms with van der Waals surface area (Å²) in [4.78, 5) is 7.64. The van der Waals surface area contributed by atoms with Gasteiger partial charge in [0.15, 0.2) is 0 Å². The van der Waals surface area contributed by atoms with Crippen molar-refractivity contribution in [2.45, 2.75) is 18.6 Å². The molecule has 0 saturated carbocycles. The quantitative estimate of drug-likeness (QED) is 0.705. The number of aliphatic hydroxyl groups excluding tert-OH is 1. The van der Waals surface area contributed by atoms with E-state index in [2.05, 4.69) is 16.6 Å². The molecule has 1 heterocycles. The van der Waals surface area contributed by atoms with Crippen LogP contribution in [0.1, 0.15) is 12.0 Å². The first-order chi connectivity index (χ1) is 10.7. The van der Waals surface area contributed by atoms with Gasteiger partial charge in [0.25, 0.3) is 0 Å². The minimum Gasteiger partial charge on any atom is -0.390 e. The first kappa shape index (κ1) is 16.7. The second-order valence-electron chi connectivity index (χ2n) is 5.45. The molecule has 1 aromatic rings. The van der Waals surface area contributed by atoms with E-state index in [4.69, 9.17) is 9.57 Å². The highest BCUT2D eigenvalue weighted by Crippen LogP contribution is 2.17. The molecule has 0 amide bonds. The second kappa shape index (κ2) is 8.68. The number of aliphatic hydroxyl groups is 1. The van der Waals surface area contributed by atoms with Crippen molar-refractivity contribution < 1.29 is 14.7 Å². The van der Waals surface area contributed by atoms with Gasteiger partial charge in [-0.2, -0.15) is 0 Å². The Bertz CT molecular complexity index is 490. The molecule has 0 bridgehead atoms. The molecule has 5 heteroatoms. The average Bonchev–Trinajstić information content (AvgIpc) is 2.97. The van der Waals surface area contributed by atoms with E-state index in [0.717, 1.165) is 17.7 Å². The van der Waals surface area contributed by atoms with Gasteiger partial charge >= 0.3 is 0 Å². The summed E-state index contributed by atoms with van der Waals surface area (Å²) in [7, 11) is 1.58. The zero-order valence-corrected chi connectivity index (χ0v) is 13.0. The predicted octanol–water partition coefficient (Wildman–Crippen LogP) is 1.67. The Balaban J connectivity index is 1.86. The number of benzene rings is 1. The minimum atomic E-state index is -0.513. The molecule has 0 aromatic heterocycles. The molecular weight excluding hydrogens is 280 g/mol. The highest BCUT2D eigenvalue weighted by Gasteiger charge is 2.25. The van der Waals surface area contributed by atoms with Crippen molar-refractivity contribution in [3.8, 4) is 0 Å². The molecule has 0 fully saturated rings. The normalized spacial score (nSPS) is 18.9. The van der Waals surface area contributed by atoms with Gasteiger partial charge in [-0.3, -0.25) is 4.90 Å². The molecule has 1 aliphatic heterocycles.